The molecule has 18 heavy (non-hydrogen) atoms. The first-order chi connectivity index (χ1) is 8.36. The summed E-state index contributed by atoms with van der Waals surface area (Å²) in [5.41, 5.74) is 0.255. The van der Waals surface area contributed by atoms with E-state index in [4.69, 9.17) is 0 Å². The van der Waals surface area contributed by atoms with Gasteiger partial charge in [-0.15, -0.1) is 0 Å². The minimum atomic E-state index is -4.26. The third kappa shape index (κ3) is 2.96. The van der Waals surface area contributed by atoms with E-state index in [1.54, 1.807) is 12.1 Å². The van der Waals surface area contributed by atoms with Crippen LogP contribution in [0.1, 0.15) is 19.4 Å². The van der Waals surface area contributed by atoms with Gasteiger partial charge in [-0.25, -0.2) is 0 Å². The third-order valence-electron chi connectivity index (χ3n) is 3.12. The van der Waals surface area contributed by atoms with Crippen molar-refractivity contribution in [3.05, 3.63) is 29.8 Å². The predicted octanol–water partition coefficient (Wildman–Crippen LogP) is 2.89. The lowest BCUT2D eigenvalue weighted by Crippen LogP contribution is -2.54. The van der Waals surface area contributed by atoms with Gasteiger partial charge in [0.1, 0.15) is 0 Å². The quantitative estimate of drug-likeness (QED) is 0.833. The van der Waals surface area contributed by atoms with E-state index in [1.807, 2.05) is 0 Å². The van der Waals surface area contributed by atoms with E-state index in [1.165, 1.54) is 0 Å². The maximum absolute atomic E-state index is 12.5. The van der Waals surface area contributed by atoms with Gasteiger partial charge in [-0.2, -0.15) is 13.2 Å². The molecule has 1 aliphatic heterocycles. The van der Waals surface area contributed by atoms with Crippen molar-refractivity contribution in [1.82, 2.24) is 5.32 Å². The Kier molecular flexibility index (Phi) is 3.52. The molecule has 0 radical (unpaired) electrons. The van der Waals surface area contributed by atoms with Crippen molar-refractivity contribution in [3.63, 3.8) is 0 Å². The van der Waals surface area contributed by atoms with Gasteiger partial charge in [-0.05, 0) is 38.1 Å². The average Bonchev–Trinajstić information content (AvgIpc) is 2.27. The number of rotatable bonds is 1. The summed E-state index contributed by atoms with van der Waals surface area (Å²) in [5.74, 6) is 0. The lowest BCUT2D eigenvalue weighted by atomic mass is 10.1. The Balaban J connectivity index is 2.14. The molecule has 1 saturated heterocycles. The van der Waals surface area contributed by atoms with Crippen LogP contribution in [0.3, 0.4) is 0 Å². The molecule has 0 amide bonds. The number of anilines is 1. The maximum Gasteiger partial charge on any atom is 0.416 e. The second kappa shape index (κ2) is 4.80. The van der Waals surface area contributed by atoms with Crippen LogP contribution in [0.25, 0.3) is 0 Å². The van der Waals surface area contributed by atoms with Gasteiger partial charge in [0.25, 0.3) is 0 Å². The fraction of sp³-hybridized carbons (Fsp3) is 0.538. The molecule has 0 aromatic heterocycles. The fourth-order valence-corrected chi connectivity index (χ4v) is 2.40. The Morgan fingerprint density at radius 3 is 2.00 bits per heavy atom. The molecule has 2 rings (SSSR count). The molecule has 2 atom stereocenters. The topological polar surface area (TPSA) is 15.3 Å². The molecule has 1 heterocycles. The lowest BCUT2D eigenvalue weighted by molar-refractivity contribution is -0.137. The Hall–Kier alpha value is -1.23. The summed E-state index contributed by atoms with van der Waals surface area (Å²) in [7, 11) is 0. The van der Waals surface area contributed by atoms with E-state index in [0.29, 0.717) is 12.1 Å². The first-order valence-electron chi connectivity index (χ1n) is 6.04. The second-order valence-corrected chi connectivity index (χ2v) is 4.92. The molecule has 1 N–H and O–H groups in total. The largest absolute Gasteiger partial charge is 0.416 e. The molecule has 1 aromatic carbocycles. The number of hydrogen-bond donors (Lipinski definition) is 1. The summed E-state index contributed by atoms with van der Waals surface area (Å²) in [5, 5.41) is 3.39. The van der Waals surface area contributed by atoms with Gasteiger partial charge in [0.05, 0.1) is 5.56 Å². The standard InChI is InChI=1S/C13H17F3N2/c1-9-7-18(8-10(2)17-9)12-5-3-11(4-6-12)13(14,15)16/h3-6,9-10,17H,7-8H2,1-2H3/t9-,10-/m0/s1. The number of alkyl halides is 3. The van der Waals surface area contributed by atoms with Crippen LogP contribution >= 0.6 is 0 Å². The van der Waals surface area contributed by atoms with Crippen molar-refractivity contribution < 1.29 is 13.2 Å². The molecule has 0 aliphatic carbocycles. The average molecular weight is 258 g/mol. The highest BCUT2D eigenvalue weighted by atomic mass is 19.4. The minimum absolute atomic E-state index is 0.344. The molecule has 1 aromatic rings. The SMILES string of the molecule is C[C@H]1CN(c2ccc(C(F)(F)F)cc2)C[C@H](C)N1. The van der Waals surface area contributed by atoms with Crippen molar-refractivity contribution >= 4 is 5.69 Å². The summed E-state index contributed by atoms with van der Waals surface area (Å²) in [6.45, 7) is 5.78. The van der Waals surface area contributed by atoms with Crippen molar-refractivity contribution in [2.75, 3.05) is 18.0 Å². The van der Waals surface area contributed by atoms with Crippen LogP contribution in [0.2, 0.25) is 0 Å². The van der Waals surface area contributed by atoms with Crippen LogP contribution in [-0.2, 0) is 6.18 Å². The molecule has 0 saturated carbocycles. The van der Waals surface area contributed by atoms with Crippen LogP contribution in [0.4, 0.5) is 18.9 Å². The number of nitrogens with one attached hydrogen (secondary N) is 1. The summed E-state index contributed by atoms with van der Waals surface area (Å²) < 4.78 is 37.4. The second-order valence-electron chi connectivity index (χ2n) is 4.92. The van der Waals surface area contributed by atoms with Gasteiger partial charge in [-0.1, -0.05) is 0 Å². The Labute approximate surface area is 105 Å². The molecular formula is C13H17F3N2. The van der Waals surface area contributed by atoms with E-state index >= 15 is 0 Å². The highest BCUT2D eigenvalue weighted by Gasteiger charge is 2.30. The Morgan fingerprint density at radius 1 is 1.06 bits per heavy atom. The highest BCUT2D eigenvalue weighted by molar-refractivity contribution is 5.49. The Morgan fingerprint density at radius 2 is 1.56 bits per heavy atom. The molecule has 0 spiro atoms. The summed E-state index contributed by atoms with van der Waals surface area (Å²) in [4.78, 5) is 2.12. The predicted molar refractivity (Wildman–Crippen MR) is 65.7 cm³/mol. The molecule has 0 bridgehead atoms. The van der Waals surface area contributed by atoms with Crippen LogP contribution in [0.15, 0.2) is 24.3 Å². The molecule has 1 aliphatic rings. The summed E-state index contributed by atoms with van der Waals surface area (Å²) >= 11 is 0. The van der Waals surface area contributed by atoms with Gasteiger partial charge >= 0.3 is 6.18 Å². The minimum Gasteiger partial charge on any atom is -0.368 e. The molecule has 100 valence electrons. The maximum atomic E-state index is 12.5. The van der Waals surface area contributed by atoms with E-state index in [9.17, 15) is 13.2 Å². The third-order valence-corrected chi connectivity index (χ3v) is 3.12. The first kappa shape index (κ1) is 13.2. The van der Waals surface area contributed by atoms with E-state index in [-0.39, 0.29) is 0 Å². The van der Waals surface area contributed by atoms with Crippen LogP contribution < -0.4 is 10.2 Å². The zero-order chi connectivity index (χ0) is 13.3. The van der Waals surface area contributed by atoms with Crippen LogP contribution in [0.5, 0.6) is 0 Å². The number of hydrogen-bond acceptors (Lipinski definition) is 2. The number of piperazine rings is 1. The zero-order valence-corrected chi connectivity index (χ0v) is 10.5. The highest BCUT2D eigenvalue weighted by Crippen LogP contribution is 2.30. The van der Waals surface area contributed by atoms with Crippen LogP contribution in [-0.4, -0.2) is 25.2 Å². The number of halogens is 3. The van der Waals surface area contributed by atoms with Gasteiger partial charge in [0.2, 0.25) is 0 Å². The smallest absolute Gasteiger partial charge is 0.368 e. The van der Waals surface area contributed by atoms with E-state index in [2.05, 4.69) is 24.1 Å². The van der Waals surface area contributed by atoms with Gasteiger partial charge in [0.15, 0.2) is 0 Å². The molecule has 2 nitrogen and oxygen atoms in total. The summed E-state index contributed by atoms with van der Waals surface area (Å²) in [6.07, 6.45) is -4.26. The first-order valence-corrected chi connectivity index (χ1v) is 6.04. The molecular weight excluding hydrogens is 241 g/mol. The lowest BCUT2D eigenvalue weighted by Gasteiger charge is -2.37. The zero-order valence-electron chi connectivity index (χ0n) is 10.5. The van der Waals surface area contributed by atoms with Crippen molar-refractivity contribution in [3.8, 4) is 0 Å². The molecule has 1 fully saturated rings. The molecule has 5 heteroatoms. The number of benzene rings is 1. The normalized spacial score (nSPS) is 25.3. The number of nitrogens with zero attached hydrogens (tertiary/aromatic N) is 1. The molecule has 0 unspecified atom stereocenters. The van der Waals surface area contributed by atoms with E-state index in [0.717, 1.165) is 30.9 Å². The van der Waals surface area contributed by atoms with Crippen molar-refractivity contribution in [2.45, 2.75) is 32.1 Å². The fourth-order valence-electron chi connectivity index (χ4n) is 2.40. The van der Waals surface area contributed by atoms with Crippen molar-refractivity contribution in [1.29, 1.82) is 0 Å². The van der Waals surface area contributed by atoms with Crippen LogP contribution in [0, 0.1) is 0 Å². The summed E-state index contributed by atoms with van der Waals surface area (Å²) in [6, 6.07) is 6.08. The van der Waals surface area contributed by atoms with E-state index < -0.39 is 11.7 Å². The van der Waals surface area contributed by atoms with Gasteiger partial charge < -0.3 is 10.2 Å². The monoisotopic (exact) mass is 258 g/mol. The van der Waals surface area contributed by atoms with Crippen molar-refractivity contribution in [2.24, 2.45) is 0 Å². The van der Waals surface area contributed by atoms with Gasteiger partial charge in [0, 0.05) is 30.9 Å². The Bertz CT molecular complexity index is 390. The van der Waals surface area contributed by atoms with Gasteiger partial charge in [-0.3, -0.25) is 0 Å².